The van der Waals surface area contributed by atoms with E-state index in [1.54, 1.807) is 6.92 Å². The molecule has 5 heteroatoms. The molecule has 1 fully saturated rings. The Hall–Kier alpha value is -1.88. The topological polar surface area (TPSA) is 78.4 Å². The van der Waals surface area contributed by atoms with E-state index < -0.39 is 5.60 Å². The highest BCUT2D eigenvalue weighted by molar-refractivity contribution is 5.85. The lowest BCUT2D eigenvalue weighted by atomic mass is 9.84. The molecule has 1 saturated carbocycles. The van der Waals surface area contributed by atoms with Gasteiger partial charge in [0.05, 0.1) is 0 Å². The molecule has 0 aromatic heterocycles. The van der Waals surface area contributed by atoms with Crippen molar-refractivity contribution in [1.29, 1.82) is 0 Å². The monoisotopic (exact) mass is 346 g/mol. The third-order valence-corrected chi connectivity index (χ3v) is 4.69. The summed E-state index contributed by atoms with van der Waals surface area (Å²) in [6.45, 7) is 5.43. The van der Waals surface area contributed by atoms with Crippen LogP contribution >= 0.6 is 0 Å². The van der Waals surface area contributed by atoms with Crippen LogP contribution in [0.2, 0.25) is 0 Å². The second-order valence-corrected chi connectivity index (χ2v) is 7.63. The van der Waals surface area contributed by atoms with E-state index in [9.17, 15) is 14.7 Å². The first-order chi connectivity index (χ1) is 11.8. The van der Waals surface area contributed by atoms with Crippen molar-refractivity contribution in [2.45, 2.75) is 70.6 Å². The van der Waals surface area contributed by atoms with Gasteiger partial charge in [0.2, 0.25) is 5.91 Å². The van der Waals surface area contributed by atoms with Gasteiger partial charge < -0.3 is 15.7 Å². The fraction of sp³-hybridized carbons (Fsp3) is 0.600. The molecule has 0 bridgehead atoms. The summed E-state index contributed by atoms with van der Waals surface area (Å²) >= 11 is 0. The third kappa shape index (κ3) is 5.85. The molecule has 0 spiro atoms. The Morgan fingerprint density at radius 1 is 1.24 bits per heavy atom. The Morgan fingerprint density at radius 2 is 1.92 bits per heavy atom. The van der Waals surface area contributed by atoms with Crippen LogP contribution in [0.1, 0.15) is 52.0 Å². The Bertz CT molecular complexity index is 584. The molecule has 3 N–H and O–H groups in total. The van der Waals surface area contributed by atoms with E-state index in [4.69, 9.17) is 0 Å². The van der Waals surface area contributed by atoms with Gasteiger partial charge >= 0.3 is 0 Å². The SMILES string of the molecule is CC(C)NC(=O)[C@@H]1CCC[C@@H](NC(=O)[C@](C)(O)Cc2ccccc2)C1. The highest BCUT2D eigenvalue weighted by Gasteiger charge is 2.34. The summed E-state index contributed by atoms with van der Waals surface area (Å²) in [5.41, 5.74) is -0.547. The molecule has 0 heterocycles. The molecule has 2 rings (SSSR count). The number of hydrogen-bond donors (Lipinski definition) is 3. The van der Waals surface area contributed by atoms with E-state index in [2.05, 4.69) is 10.6 Å². The fourth-order valence-corrected chi connectivity index (χ4v) is 3.38. The maximum atomic E-state index is 12.5. The second kappa shape index (κ2) is 8.48. The Morgan fingerprint density at radius 3 is 2.56 bits per heavy atom. The van der Waals surface area contributed by atoms with Gasteiger partial charge in [-0.2, -0.15) is 0 Å². The molecule has 0 saturated heterocycles. The Labute approximate surface area is 150 Å². The number of amides is 2. The van der Waals surface area contributed by atoms with Crippen LogP contribution in [-0.2, 0) is 16.0 Å². The van der Waals surface area contributed by atoms with Gasteiger partial charge in [-0.1, -0.05) is 36.8 Å². The van der Waals surface area contributed by atoms with Gasteiger partial charge in [-0.25, -0.2) is 0 Å². The van der Waals surface area contributed by atoms with E-state index in [1.165, 1.54) is 0 Å². The lowest BCUT2D eigenvalue weighted by Crippen LogP contribution is -2.51. The fourth-order valence-electron chi connectivity index (χ4n) is 3.38. The minimum absolute atomic E-state index is 0.0602. The molecule has 138 valence electrons. The zero-order valence-corrected chi connectivity index (χ0v) is 15.4. The molecule has 1 aliphatic carbocycles. The highest BCUT2D eigenvalue weighted by atomic mass is 16.3. The van der Waals surface area contributed by atoms with Crippen LogP contribution < -0.4 is 10.6 Å². The maximum absolute atomic E-state index is 12.5. The molecule has 3 atom stereocenters. The van der Waals surface area contributed by atoms with Crippen LogP contribution in [0.25, 0.3) is 0 Å². The minimum Gasteiger partial charge on any atom is -0.380 e. The van der Waals surface area contributed by atoms with Crippen molar-refractivity contribution < 1.29 is 14.7 Å². The van der Waals surface area contributed by atoms with Gasteiger partial charge in [-0.05, 0) is 45.6 Å². The molecule has 1 aliphatic rings. The standard InChI is InChI=1S/C20H30N2O3/c1-14(2)21-18(23)16-10-7-11-17(12-16)22-19(24)20(3,25)13-15-8-5-4-6-9-15/h4-6,8-9,14,16-17,25H,7,10-13H2,1-3H3,(H,21,23)(H,22,24)/t16-,17-,20-/m1/s1. The summed E-state index contributed by atoms with van der Waals surface area (Å²) in [5.74, 6) is -0.378. The van der Waals surface area contributed by atoms with E-state index in [1.807, 2.05) is 44.2 Å². The highest BCUT2D eigenvalue weighted by Crippen LogP contribution is 2.25. The van der Waals surface area contributed by atoms with Gasteiger partial charge in [0.25, 0.3) is 5.91 Å². The van der Waals surface area contributed by atoms with Crippen LogP contribution in [0.15, 0.2) is 30.3 Å². The smallest absolute Gasteiger partial charge is 0.252 e. The molecule has 0 unspecified atom stereocenters. The predicted octanol–water partition coefficient (Wildman–Crippen LogP) is 2.18. The molecule has 1 aromatic rings. The molecule has 2 amide bonds. The summed E-state index contributed by atoms with van der Waals surface area (Å²) in [5, 5.41) is 16.5. The number of aliphatic hydroxyl groups is 1. The number of carbonyl (C=O) groups excluding carboxylic acids is 2. The molecular formula is C20H30N2O3. The Balaban J connectivity index is 1.91. The maximum Gasteiger partial charge on any atom is 0.252 e. The van der Waals surface area contributed by atoms with E-state index in [0.29, 0.717) is 6.42 Å². The van der Waals surface area contributed by atoms with Crippen molar-refractivity contribution in [1.82, 2.24) is 10.6 Å². The van der Waals surface area contributed by atoms with Crippen LogP contribution in [0, 0.1) is 5.92 Å². The minimum atomic E-state index is -1.46. The van der Waals surface area contributed by atoms with Gasteiger partial charge in [0, 0.05) is 24.4 Å². The largest absolute Gasteiger partial charge is 0.380 e. The Kier molecular flexibility index (Phi) is 6.59. The van der Waals surface area contributed by atoms with Crippen molar-refractivity contribution in [3.63, 3.8) is 0 Å². The average molecular weight is 346 g/mol. The molecule has 25 heavy (non-hydrogen) atoms. The predicted molar refractivity (Wildman–Crippen MR) is 97.9 cm³/mol. The number of hydrogen-bond acceptors (Lipinski definition) is 3. The van der Waals surface area contributed by atoms with Crippen molar-refractivity contribution >= 4 is 11.8 Å². The molecule has 5 nitrogen and oxygen atoms in total. The lowest BCUT2D eigenvalue weighted by molar-refractivity contribution is -0.139. The lowest BCUT2D eigenvalue weighted by Gasteiger charge is -2.32. The van der Waals surface area contributed by atoms with Crippen LogP contribution in [0.3, 0.4) is 0 Å². The van der Waals surface area contributed by atoms with Crippen molar-refractivity contribution in [3.8, 4) is 0 Å². The number of nitrogens with one attached hydrogen (secondary N) is 2. The second-order valence-electron chi connectivity index (χ2n) is 7.63. The van der Waals surface area contributed by atoms with Gasteiger partial charge in [-0.3, -0.25) is 9.59 Å². The molecule has 0 aliphatic heterocycles. The van der Waals surface area contributed by atoms with Crippen LogP contribution in [0.5, 0.6) is 0 Å². The zero-order valence-electron chi connectivity index (χ0n) is 15.4. The van der Waals surface area contributed by atoms with E-state index >= 15 is 0 Å². The summed E-state index contributed by atoms with van der Waals surface area (Å²) in [4.78, 5) is 24.7. The summed E-state index contributed by atoms with van der Waals surface area (Å²) in [6.07, 6.45) is 3.50. The number of benzene rings is 1. The molecular weight excluding hydrogens is 316 g/mol. The number of rotatable bonds is 6. The van der Waals surface area contributed by atoms with Gasteiger partial charge in [-0.15, -0.1) is 0 Å². The summed E-state index contributed by atoms with van der Waals surface area (Å²) in [6, 6.07) is 9.54. The van der Waals surface area contributed by atoms with Crippen LogP contribution in [-0.4, -0.2) is 34.6 Å². The first-order valence-corrected chi connectivity index (χ1v) is 9.15. The normalized spacial score (nSPS) is 22.9. The average Bonchev–Trinajstić information content (AvgIpc) is 2.55. The number of carbonyl (C=O) groups is 2. The van der Waals surface area contributed by atoms with Crippen LogP contribution in [0.4, 0.5) is 0 Å². The summed E-state index contributed by atoms with van der Waals surface area (Å²) < 4.78 is 0. The third-order valence-electron chi connectivity index (χ3n) is 4.69. The molecule has 1 aromatic carbocycles. The van der Waals surface area contributed by atoms with Crippen molar-refractivity contribution in [3.05, 3.63) is 35.9 Å². The first kappa shape index (κ1) is 19.4. The molecule has 0 radical (unpaired) electrons. The van der Waals surface area contributed by atoms with E-state index in [-0.39, 0.29) is 36.2 Å². The van der Waals surface area contributed by atoms with Crippen molar-refractivity contribution in [2.75, 3.05) is 0 Å². The van der Waals surface area contributed by atoms with E-state index in [0.717, 1.165) is 24.8 Å². The first-order valence-electron chi connectivity index (χ1n) is 9.15. The van der Waals surface area contributed by atoms with Gasteiger partial charge in [0.1, 0.15) is 5.60 Å². The van der Waals surface area contributed by atoms with Crippen molar-refractivity contribution in [2.24, 2.45) is 5.92 Å². The zero-order chi connectivity index (χ0) is 18.4. The van der Waals surface area contributed by atoms with Gasteiger partial charge in [0.15, 0.2) is 0 Å². The summed E-state index contributed by atoms with van der Waals surface area (Å²) in [7, 11) is 0. The quantitative estimate of drug-likeness (QED) is 0.739.